The summed E-state index contributed by atoms with van der Waals surface area (Å²) in [6.45, 7) is 2.09. The third-order valence-corrected chi connectivity index (χ3v) is 2.20. The van der Waals surface area contributed by atoms with Crippen molar-refractivity contribution in [2.75, 3.05) is 13.1 Å². The van der Waals surface area contributed by atoms with E-state index in [4.69, 9.17) is 0 Å². The van der Waals surface area contributed by atoms with E-state index in [-0.39, 0.29) is 18.5 Å². The van der Waals surface area contributed by atoms with Gasteiger partial charge in [-0.2, -0.15) is 5.10 Å². The first-order valence-corrected chi connectivity index (χ1v) is 4.67. The van der Waals surface area contributed by atoms with E-state index in [0.717, 1.165) is 19.5 Å². The minimum atomic E-state index is -0.01000. The van der Waals surface area contributed by atoms with Crippen molar-refractivity contribution in [1.29, 1.82) is 0 Å². The van der Waals surface area contributed by atoms with Crippen molar-refractivity contribution in [3.8, 4) is 0 Å². The number of amides is 1. The van der Waals surface area contributed by atoms with E-state index >= 15 is 0 Å². The van der Waals surface area contributed by atoms with Crippen molar-refractivity contribution >= 4 is 5.91 Å². The summed E-state index contributed by atoms with van der Waals surface area (Å²) >= 11 is 0. The Balaban J connectivity index is 1.78. The van der Waals surface area contributed by atoms with Crippen LogP contribution in [0.4, 0.5) is 0 Å². The van der Waals surface area contributed by atoms with Gasteiger partial charge in [-0.15, -0.1) is 0 Å². The lowest BCUT2D eigenvalue weighted by Gasteiger charge is -2.10. The Hall–Kier alpha value is -1.43. The van der Waals surface area contributed by atoms with Gasteiger partial charge in [0.15, 0.2) is 0 Å². The van der Waals surface area contributed by atoms with Crippen molar-refractivity contribution in [3.05, 3.63) is 12.7 Å². The monoisotopic (exact) mass is 195 g/mol. The molecule has 6 heteroatoms. The minimum absolute atomic E-state index is 0.01000. The zero-order valence-corrected chi connectivity index (χ0v) is 7.81. The summed E-state index contributed by atoms with van der Waals surface area (Å²) in [6.07, 6.45) is 3.96. The molecule has 1 aliphatic rings. The van der Waals surface area contributed by atoms with Crippen LogP contribution in [0.5, 0.6) is 0 Å². The van der Waals surface area contributed by atoms with Crippen molar-refractivity contribution < 1.29 is 4.79 Å². The second-order valence-corrected chi connectivity index (χ2v) is 3.35. The predicted octanol–water partition coefficient (Wildman–Crippen LogP) is -1.24. The van der Waals surface area contributed by atoms with Gasteiger partial charge in [0.1, 0.15) is 19.2 Å². The fourth-order valence-corrected chi connectivity index (χ4v) is 1.51. The van der Waals surface area contributed by atoms with Gasteiger partial charge in [-0.3, -0.25) is 4.79 Å². The number of aromatic nitrogens is 3. The summed E-state index contributed by atoms with van der Waals surface area (Å²) in [7, 11) is 0. The van der Waals surface area contributed by atoms with Gasteiger partial charge >= 0.3 is 0 Å². The minimum Gasteiger partial charge on any atom is -0.350 e. The summed E-state index contributed by atoms with van der Waals surface area (Å²) in [5.41, 5.74) is 0. The largest absolute Gasteiger partial charge is 0.350 e. The highest BCUT2D eigenvalue weighted by Crippen LogP contribution is 1.96. The van der Waals surface area contributed by atoms with E-state index in [1.54, 1.807) is 0 Å². The molecule has 0 aromatic carbocycles. The van der Waals surface area contributed by atoms with Crippen LogP contribution in [0.25, 0.3) is 0 Å². The summed E-state index contributed by atoms with van der Waals surface area (Å²) in [4.78, 5) is 15.2. The maximum atomic E-state index is 11.4. The van der Waals surface area contributed by atoms with Gasteiger partial charge in [-0.05, 0) is 13.0 Å². The summed E-state index contributed by atoms with van der Waals surface area (Å²) in [5.74, 6) is -0.01000. The predicted molar refractivity (Wildman–Crippen MR) is 49.4 cm³/mol. The van der Waals surface area contributed by atoms with Crippen molar-refractivity contribution in [1.82, 2.24) is 25.4 Å². The molecule has 0 spiro atoms. The fraction of sp³-hybridized carbons (Fsp3) is 0.625. The first kappa shape index (κ1) is 9.14. The van der Waals surface area contributed by atoms with E-state index in [1.807, 2.05) is 0 Å². The second kappa shape index (κ2) is 4.19. The second-order valence-electron chi connectivity index (χ2n) is 3.35. The molecule has 2 heterocycles. The Bertz CT molecular complexity index is 291. The molecule has 76 valence electrons. The van der Waals surface area contributed by atoms with Crippen LogP contribution in [0.3, 0.4) is 0 Å². The molecule has 14 heavy (non-hydrogen) atoms. The lowest BCUT2D eigenvalue weighted by atomic mass is 10.2. The van der Waals surface area contributed by atoms with Crippen molar-refractivity contribution in [2.45, 2.75) is 19.0 Å². The molecule has 0 aliphatic carbocycles. The Labute approximate surface area is 81.7 Å². The Morgan fingerprint density at radius 2 is 2.64 bits per heavy atom. The molecule has 1 aromatic rings. The summed E-state index contributed by atoms with van der Waals surface area (Å²) in [6, 6.07) is 0.269. The number of hydrogen-bond donors (Lipinski definition) is 2. The first-order chi connectivity index (χ1) is 6.84. The molecule has 0 radical (unpaired) electrons. The lowest BCUT2D eigenvalue weighted by Crippen LogP contribution is -2.38. The fourth-order valence-electron chi connectivity index (χ4n) is 1.51. The summed E-state index contributed by atoms with van der Waals surface area (Å²) < 4.78 is 1.51. The van der Waals surface area contributed by atoms with E-state index in [1.165, 1.54) is 17.3 Å². The highest BCUT2D eigenvalue weighted by molar-refractivity contribution is 5.75. The average molecular weight is 195 g/mol. The highest BCUT2D eigenvalue weighted by atomic mass is 16.2. The van der Waals surface area contributed by atoms with Gasteiger partial charge < -0.3 is 10.6 Å². The zero-order chi connectivity index (χ0) is 9.80. The maximum absolute atomic E-state index is 11.4. The Kier molecular flexibility index (Phi) is 2.73. The van der Waals surface area contributed by atoms with Gasteiger partial charge in [0, 0.05) is 12.6 Å². The molecule has 1 atom stereocenters. The van der Waals surface area contributed by atoms with Crippen LogP contribution in [0.15, 0.2) is 12.7 Å². The Morgan fingerprint density at radius 3 is 3.29 bits per heavy atom. The van der Waals surface area contributed by atoms with Crippen LogP contribution in [0.2, 0.25) is 0 Å². The molecule has 1 saturated heterocycles. The molecule has 0 unspecified atom stereocenters. The number of rotatable bonds is 3. The SMILES string of the molecule is O=C(Cn1cncn1)N[C@@H]1CCNC1. The highest BCUT2D eigenvalue weighted by Gasteiger charge is 2.16. The van der Waals surface area contributed by atoms with Crippen molar-refractivity contribution in [2.24, 2.45) is 0 Å². The smallest absolute Gasteiger partial charge is 0.242 e. The molecule has 6 nitrogen and oxygen atoms in total. The third kappa shape index (κ3) is 2.29. The van der Waals surface area contributed by atoms with Crippen LogP contribution in [-0.2, 0) is 11.3 Å². The standard InChI is InChI=1S/C8H13N5O/c14-8(4-13-6-10-5-11-13)12-7-1-2-9-3-7/h5-7,9H,1-4H2,(H,12,14)/t7-/m1/s1. The van der Waals surface area contributed by atoms with Crippen LogP contribution >= 0.6 is 0 Å². The molecule has 2 rings (SSSR count). The molecule has 0 saturated carbocycles. The third-order valence-electron chi connectivity index (χ3n) is 2.20. The van der Waals surface area contributed by atoms with Gasteiger partial charge in [0.2, 0.25) is 5.91 Å². The number of nitrogens with one attached hydrogen (secondary N) is 2. The van der Waals surface area contributed by atoms with E-state index in [9.17, 15) is 4.79 Å². The van der Waals surface area contributed by atoms with E-state index in [2.05, 4.69) is 20.7 Å². The van der Waals surface area contributed by atoms with Crippen LogP contribution in [0, 0.1) is 0 Å². The summed E-state index contributed by atoms with van der Waals surface area (Å²) in [5, 5.41) is 9.97. The number of nitrogens with zero attached hydrogens (tertiary/aromatic N) is 3. The number of carbonyl (C=O) groups is 1. The maximum Gasteiger partial charge on any atom is 0.242 e. The van der Waals surface area contributed by atoms with Gasteiger partial charge in [0.25, 0.3) is 0 Å². The van der Waals surface area contributed by atoms with E-state index in [0.29, 0.717) is 0 Å². The normalized spacial score (nSPS) is 21.0. The molecule has 0 bridgehead atoms. The number of carbonyl (C=O) groups excluding carboxylic acids is 1. The van der Waals surface area contributed by atoms with Gasteiger partial charge in [0.05, 0.1) is 0 Å². The molecule has 1 fully saturated rings. The van der Waals surface area contributed by atoms with E-state index < -0.39 is 0 Å². The zero-order valence-electron chi connectivity index (χ0n) is 7.81. The molecule has 1 amide bonds. The lowest BCUT2D eigenvalue weighted by molar-refractivity contribution is -0.122. The quantitative estimate of drug-likeness (QED) is 0.632. The average Bonchev–Trinajstić information content (AvgIpc) is 2.76. The van der Waals surface area contributed by atoms with Gasteiger partial charge in [-0.1, -0.05) is 0 Å². The van der Waals surface area contributed by atoms with Crippen molar-refractivity contribution in [3.63, 3.8) is 0 Å². The molecular weight excluding hydrogens is 182 g/mol. The molecule has 1 aliphatic heterocycles. The van der Waals surface area contributed by atoms with Crippen LogP contribution in [-0.4, -0.2) is 39.8 Å². The molecule has 2 N–H and O–H groups in total. The number of hydrogen-bond acceptors (Lipinski definition) is 4. The topological polar surface area (TPSA) is 71.8 Å². The molecular formula is C8H13N5O. The van der Waals surface area contributed by atoms with Crippen LogP contribution in [0.1, 0.15) is 6.42 Å². The first-order valence-electron chi connectivity index (χ1n) is 4.67. The van der Waals surface area contributed by atoms with Crippen LogP contribution < -0.4 is 10.6 Å². The van der Waals surface area contributed by atoms with Gasteiger partial charge in [-0.25, -0.2) is 9.67 Å². The Morgan fingerprint density at radius 1 is 1.71 bits per heavy atom. The molecule has 1 aromatic heterocycles.